The van der Waals surface area contributed by atoms with Crippen LogP contribution in [-0.4, -0.2) is 59.5 Å². The van der Waals surface area contributed by atoms with Crippen LogP contribution >= 0.6 is 0 Å². The van der Waals surface area contributed by atoms with Gasteiger partial charge in [0, 0.05) is 26.2 Å². The minimum Gasteiger partial charge on any atom is -0.480 e. The number of aliphatic carboxylic acids is 1. The van der Waals surface area contributed by atoms with E-state index in [-0.39, 0.29) is 12.5 Å². The van der Waals surface area contributed by atoms with E-state index in [0.717, 1.165) is 11.1 Å². The molecule has 108 valence electrons. The molecule has 0 aromatic heterocycles. The first-order valence-corrected chi connectivity index (χ1v) is 6.82. The molecule has 20 heavy (non-hydrogen) atoms. The highest BCUT2D eigenvalue weighted by atomic mass is 16.4. The molecule has 1 fully saturated rings. The van der Waals surface area contributed by atoms with Gasteiger partial charge in [-0.1, -0.05) is 24.3 Å². The second-order valence-electron chi connectivity index (χ2n) is 5.15. The Morgan fingerprint density at radius 2 is 1.80 bits per heavy atom. The summed E-state index contributed by atoms with van der Waals surface area (Å²) in [6.45, 7) is 4.54. The van der Waals surface area contributed by atoms with Gasteiger partial charge in [0.25, 0.3) is 0 Å². The Morgan fingerprint density at radius 3 is 2.40 bits per heavy atom. The molecule has 0 unspecified atom stereocenters. The second-order valence-corrected chi connectivity index (χ2v) is 5.15. The topological polar surface area (TPSA) is 60.9 Å². The van der Waals surface area contributed by atoms with Crippen LogP contribution in [0.2, 0.25) is 0 Å². The zero-order valence-electron chi connectivity index (χ0n) is 11.7. The van der Waals surface area contributed by atoms with Crippen molar-refractivity contribution in [2.45, 2.75) is 13.3 Å². The number of hydrogen-bond donors (Lipinski definition) is 1. The van der Waals surface area contributed by atoms with E-state index in [2.05, 4.69) is 0 Å². The highest BCUT2D eigenvalue weighted by Crippen LogP contribution is 2.10. The summed E-state index contributed by atoms with van der Waals surface area (Å²) in [4.78, 5) is 26.6. The molecular weight excluding hydrogens is 256 g/mol. The lowest BCUT2D eigenvalue weighted by atomic mass is 10.1. The van der Waals surface area contributed by atoms with E-state index in [9.17, 15) is 9.59 Å². The van der Waals surface area contributed by atoms with Crippen molar-refractivity contribution in [1.82, 2.24) is 9.80 Å². The smallest absolute Gasteiger partial charge is 0.317 e. The molecule has 1 aromatic carbocycles. The first-order valence-electron chi connectivity index (χ1n) is 6.82. The van der Waals surface area contributed by atoms with E-state index in [1.54, 1.807) is 0 Å². The fraction of sp³-hybridized carbons (Fsp3) is 0.467. The van der Waals surface area contributed by atoms with Crippen LogP contribution in [-0.2, 0) is 16.0 Å². The van der Waals surface area contributed by atoms with Gasteiger partial charge in [-0.15, -0.1) is 0 Å². The lowest BCUT2D eigenvalue weighted by Crippen LogP contribution is -2.50. The van der Waals surface area contributed by atoms with Crippen molar-refractivity contribution in [3.05, 3.63) is 35.4 Å². The van der Waals surface area contributed by atoms with Crippen molar-refractivity contribution in [2.75, 3.05) is 32.7 Å². The molecule has 1 N–H and O–H groups in total. The van der Waals surface area contributed by atoms with Gasteiger partial charge < -0.3 is 10.0 Å². The maximum atomic E-state index is 12.2. The van der Waals surface area contributed by atoms with Crippen LogP contribution < -0.4 is 0 Å². The molecule has 0 saturated carbocycles. The molecule has 2 rings (SSSR count). The highest BCUT2D eigenvalue weighted by Gasteiger charge is 2.22. The van der Waals surface area contributed by atoms with Gasteiger partial charge >= 0.3 is 5.97 Å². The molecule has 5 nitrogen and oxygen atoms in total. The summed E-state index contributed by atoms with van der Waals surface area (Å²) >= 11 is 0. The van der Waals surface area contributed by atoms with Gasteiger partial charge in [-0.25, -0.2) is 0 Å². The molecule has 0 bridgehead atoms. The lowest BCUT2D eigenvalue weighted by molar-refractivity contribution is -0.139. The molecule has 1 amide bonds. The number of aryl methyl sites for hydroxylation is 1. The van der Waals surface area contributed by atoms with Crippen LogP contribution in [0.15, 0.2) is 24.3 Å². The van der Waals surface area contributed by atoms with Crippen molar-refractivity contribution < 1.29 is 14.7 Å². The summed E-state index contributed by atoms with van der Waals surface area (Å²) in [6.07, 6.45) is 0.422. The summed E-state index contributed by atoms with van der Waals surface area (Å²) in [7, 11) is 0. The van der Waals surface area contributed by atoms with E-state index in [1.165, 1.54) is 0 Å². The number of amides is 1. The van der Waals surface area contributed by atoms with Gasteiger partial charge in [0.05, 0.1) is 13.0 Å². The number of hydrogen-bond acceptors (Lipinski definition) is 3. The quantitative estimate of drug-likeness (QED) is 0.882. The summed E-state index contributed by atoms with van der Waals surface area (Å²) < 4.78 is 0. The Morgan fingerprint density at radius 1 is 1.15 bits per heavy atom. The monoisotopic (exact) mass is 276 g/mol. The maximum Gasteiger partial charge on any atom is 0.317 e. The van der Waals surface area contributed by atoms with Crippen LogP contribution in [0.3, 0.4) is 0 Å². The molecule has 1 aromatic rings. The molecule has 1 aliphatic heterocycles. The normalized spacial score (nSPS) is 16.1. The summed E-state index contributed by atoms with van der Waals surface area (Å²) in [6, 6.07) is 7.90. The molecule has 5 heteroatoms. The lowest BCUT2D eigenvalue weighted by Gasteiger charge is -2.34. The fourth-order valence-electron chi connectivity index (χ4n) is 2.43. The molecule has 0 aliphatic carbocycles. The van der Waals surface area contributed by atoms with Crippen LogP contribution in [0.4, 0.5) is 0 Å². The van der Waals surface area contributed by atoms with Gasteiger partial charge in [0.2, 0.25) is 5.91 Å². The molecule has 1 heterocycles. The summed E-state index contributed by atoms with van der Waals surface area (Å²) in [5.74, 6) is -0.695. The highest BCUT2D eigenvalue weighted by molar-refractivity contribution is 5.79. The van der Waals surface area contributed by atoms with Crippen molar-refractivity contribution in [3.8, 4) is 0 Å². The van der Waals surface area contributed by atoms with Gasteiger partial charge in [-0.2, -0.15) is 0 Å². The minimum absolute atomic E-state index is 0.0554. The number of carboxylic acids is 1. The maximum absolute atomic E-state index is 12.2. The Bertz CT molecular complexity index is 494. The number of benzene rings is 1. The molecule has 0 spiro atoms. The SMILES string of the molecule is Cc1ccccc1CC(=O)N1CCN(CC(=O)O)CC1. The average Bonchev–Trinajstić information content (AvgIpc) is 2.41. The zero-order chi connectivity index (χ0) is 14.5. The Kier molecular flexibility index (Phi) is 4.74. The van der Waals surface area contributed by atoms with Gasteiger partial charge in [0.15, 0.2) is 0 Å². The number of carbonyl (C=O) groups excluding carboxylic acids is 1. The van der Waals surface area contributed by atoms with Crippen molar-refractivity contribution in [1.29, 1.82) is 0 Å². The predicted molar refractivity (Wildman–Crippen MR) is 75.5 cm³/mol. The number of rotatable bonds is 4. The largest absolute Gasteiger partial charge is 0.480 e. The Hall–Kier alpha value is -1.88. The van der Waals surface area contributed by atoms with Gasteiger partial charge in [-0.3, -0.25) is 14.5 Å². The summed E-state index contributed by atoms with van der Waals surface area (Å²) in [5.41, 5.74) is 2.19. The van der Waals surface area contributed by atoms with Crippen molar-refractivity contribution in [3.63, 3.8) is 0 Å². The number of piperazine rings is 1. The van der Waals surface area contributed by atoms with Crippen molar-refractivity contribution in [2.24, 2.45) is 0 Å². The van der Waals surface area contributed by atoms with Crippen LogP contribution in [0.25, 0.3) is 0 Å². The molecule has 0 radical (unpaired) electrons. The molecular formula is C15H20N2O3. The molecule has 0 atom stereocenters. The average molecular weight is 276 g/mol. The van der Waals surface area contributed by atoms with Crippen LogP contribution in [0.5, 0.6) is 0 Å². The van der Waals surface area contributed by atoms with Crippen LogP contribution in [0, 0.1) is 6.92 Å². The van der Waals surface area contributed by atoms with Gasteiger partial charge in [-0.05, 0) is 18.1 Å². The third-order valence-electron chi connectivity index (χ3n) is 3.69. The minimum atomic E-state index is -0.815. The van der Waals surface area contributed by atoms with Gasteiger partial charge in [0.1, 0.15) is 0 Å². The molecule has 1 aliphatic rings. The number of nitrogens with zero attached hydrogens (tertiary/aromatic N) is 2. The summed E-state index contributed by atoms with van der Waals surface area (Å²) in [5, 5.41) is 8.74. The van der Waals surface area contributed by atoms with Crippen LogP contribution in [0.1, 0.15) is 11.1 Å². The number of carboxylic acid groups (broad SMARTS) is 1. The second kappa shape index (κ2) is 6.52. The third-order valence-corrected chi connectivity index (χ3v) is 3.69. The van der Waals surface area contributed by atoms with E-state index >= 15 is 0 Å². The molecule has 1 saturated heterocycles. The van der Waals surface area contributed by atoms with E-state index in [1.807, 2.05) is 41.0 Å². The van der Waals surface area contributed by atoms with Crippen molar-refractivity contribution >= 4 is 11.9 Å². The predicted octanol–water partition coefficient (Wildman–Crippen LogP) is 0.766. The Balaban J connectivity index is 1.86. The first kappa shape index (κ1) is 14.5. The van der Waals surface area contributed by atoms with E-state index < -0.39 is 5.97 Å². The fourth-order valence-corrected chi connectivity index (χ4v) is 2.43. The Labute approximate surface area is 118 Å². The standard InChI is InChI=1S/C15H20N2O3/c1-12-4-2-3-5-13(12)10-14(18)17-8-6-16(7-9-17)11-15(19)20/h2-5H,6-11H2,1H3,(H,19,20). The first-order chi connectivity index (χ1) is 9.56. The third kappa shape index (κ3) is 3.81. The number of carbonyl (C=O) groups is 2. The zero-order valence-corrected chi connectivity index (χ0v) is 11.7. The van der Waals surface area contributed by atoms with E-state index in [0.29, 0.717) is 32.6 Å². The van der Waals surface area contributed by atoms with E-state index in [4.69, 9.17) is 5.11 Å².